The number of H-pyrrole nitrogens is 1. The predicted molar refractivity (Wildman–Crippen MR) is 66.1 cm³/mol. The lowest BCUT2D eigenvalue weighted by molar-refractivity contribution is 0.581. The maximum absolute atomic E-state index is 14.0. The Morgan fingerprint density at radius 1 is 1.00 bits per heavy atom. The fourth-order valence-electron chi connectivity index (χ4n) is 2.03. The molecule has 0 spiro atoms. The zero-order valence-electron chi connectivity index (χ0n) is 10.3. The maximum atomic E-state index is 14.0. The summed E-state index contributed by atoms with van der Waals surface area (Å²) in [4.78, 5) is 6.34. The summed E-state index contributed by atoms with van der Waals surface area (Å²) in [6.45, 7) is 1.47. The van der Waals surface area contributed by atoms with Crippen LogP contribution in [-0.2, 0) is 0 Å². The summed E-state index contributed by atoms with van der Waals surface area (Å²) in [6, 6.07) is 4.06. The smallest absolute Gasteiger partial charge is 0.153 e. The van der Waals surface area contributed by atoms with E-state index >= 15 is 0 Å². The predicted octanol–water partition coefficient (Wildman–Crippen LogP) is 4.09. The van der Waals surface area contributed by atoms with E-state index in [9.17, 15) is 17.6 Å². The van der Waals surface area contributed by atoms with E-state index in [0.717, 1.165) is 12.1 Å². The quantitative estimate of drug-likeness (QED) is 0.668. The monoisotopic (exact) mass is 280 g/mol. The highest BCUT2D eigenvalue weighted by molar-refractivity contribution is 5.80. The van der Waals surface area contributed by atoms with E-state index in [2.05, 4.69) is 9.97 Å². The van der Waals surface area contributed by atoms with Gasteiger partial charge in [0.1, 0.15) is 28.8 Å². The number of nitrogens with one attached hydrogen (secondary N) is 1. The highest BCUT2D eigenvalue weighted by Gasteiger charge is 2.18. The minimum absolute atomic E-state index is 0.0396. The Bertz CT molecular complexity index is 824. The van der Waals surface area contributed by atoms with E-state index in [0.29, 0.717) is 6.07 Å². The van der Waals surface area contributed by atoms with Crippen molar-refractivity contribution in [1.82, 2.24) is 9.97 Å². The van der Waals surface area contributed by atoms with Gasteiger partial charge in [0.05, 0.1) is 11.1 Å². The number of nitrogens with zero attached hydrogens (tertiary/aromatic N) is 1. The van der Waals surface area contributed by atoms with Crippen LogP contribution in [0.2, 0.25) is 0 Å². The molecule has 0 bridgehead atoms. The van der Waals surface area contributed by atoms with E-state index in [1.165, 1.54) is 13.0 Å². The van der Waals surface area contributed by atoms with Crippen molar-refractivity contribution in [3.05, 3.63) is 53.1 Å². The molecule has 1 aromatic heterocycles. The lowest BCUT2D eigenvalue weighted by Crippen LogP contribution is -1.94. The van der Waals surface area contributed by atoms with Crippen molar-refractivity contribution in [1.29, 1.82) is 0 Å². The van der Waals surface area contributed by atoms with E-state index in [1.807, 2.05) is 0 Å². The molecule has 1 N–H and O–H groups in total. The van der Waals surface area contributed by atoms with Crippen molar-refractivity contribution in [2.45, 2.75) is 6.92 Å². The van der Waals surface area contributed by atoms with Gasteiger partial charge in [-0.05, 0) is 24.6 Å². The molecule has 0 aliphatic rings. The molecule has 0 atom stereocenters. The molecule has 0 saturated carbocycles. The van der Waals surface area contributed by atoms with Crippen LogP contribution in [0.25, 0.3) is 22.4 Å². The van der Waals surface area contributed by atoms with Crippen molar-refractivity contribution in [3.8, 4) is 11.4 Å². The van der Waals surface area contributed by atoms with E-state index in [-0.39, 0.29) is 28.0 Å². The summed E-state index contributed by atoms with van der Waals surface area (Å²) in [5, 5.41) is 0. The number of aryl methyl sites for hydroxylation is 1. The molecule has 6 heteroatoms. The molecule has 0 aliphatic heterocycles. The Kier molecular flexibility index (Phi) is 2.74. The minimum atomic E-state index is -0.893. The summed E-state index contributed by atoms with van der Waals surface area (Å²) in [5.41, 5.74) is -0.283. The zero-order chi connectivity index (χ0) is 14.4. The van der Waals surface area contributed by atoms with Crippen LogP contribution in [0.15, 0.2) is 24.3 Å². The summed E-state index contributed by atoms with van der Waals surface area (Å²) < 4.78 is 54.4. The molecule has 0 amide bonds. The fraction of sp³-hybridized carbons (Fsp3) is 0.0714. The molecule has 0 saturated heterocycles. The Morgan fingerprint density at radius 2 is 1.75 bits per heavy atom. The maximum Gasteiger partial charge on any atom is 0.153 e. The van der Waals surface area contributed by atoms with E-state index in [1.54, 1.807) is 0 Å². The first-order chi connectivity index (χ1) is 9.47. The Balaban J connectivity index is 2.31. The molecule has 20 heavy (non-hydrogen) atoms. The molecule has 0 fully saturated rings. The number of benzene rings is 2. The molecule has 1 heterocycles. The first-order valence-corrected chi connectivity index (χ1v) is 5.77. The average molecular weight is 280 g/mol. The van der Waals surface area contributed by atoms with Gasteiger partial charge in [-0.25, -0.2) is 22.5 Å². The number of aromatic nitrogens is 2. The van der Waals surface area contributed by atoms with Gasteiger partial charge < -0.3 is 4.98 Å². The van der Waals surface area contributed by atoms with Gasteiger partial charge in [0.2, 0.25) is 0 Å². The summed E-state index contributed by atoms with van der Waals surface area (Å²) in [6.07, 6.45) is 0. The number of imidazole rings is 1. The molecule has 3 rings (SSSR count). The third-order valence-corrected chi connectivity index (χ3v) is 3.03. The van der Waals surface area contributed by atoms with Gasteiger partial charge in [-0.1, -0.05) is 6.07 Å². The number of fused-ring (bicyclic) bond motifs is 1. The Labute approximate surface area is 111 Å². The van der Waals surface area contributed by atoms with Crippen molar-refractivity contribution in [2.75, 3.05) is 0 Å². The normalized spacial score (nSPS) is 11.2. The van der Waals surface area contributed by atoms with Crippen LogP contribution in [-0.4, -0.2) is 9.97 Å². The van der Waals surface area contributed by atoms with Crippen molar-refractivity contribution < 1.29 is 17.6 Å². The Hall–Kier alpha value is -2.37. The van der Waals surface area contributed by atoms with Gasteiger partial charge in [-0.15, -0.1) is 0 Å². The molecule has 2 aromatic carbocycles. The van der Waals surface area contributed by atoms with Crippen molar-refractivity contribution in [3.63, 3.8) is 0 Å². The lowest BCUT2D eigenvalue weighted by atomic mass is 10.1. The molecule has 0 unspecified atom stereocenters. The van der Waals surface area contributed by atoms with Crippen LogP contribution in [0.4, 0.5) is 17.6 Å². The molecular formula is C14H8F4N2. The number of halogens is 4. The van der Waals surface area contributed by atoms with Crippen LogP contribution >= 0.6 is 0 Å². The van der Waals surface area contributed by atoms with Gasteiger partial charge in [0.25, 0.3) is 0 Å². The molecule has 3 aromatic rings. The van der Waals surface area contributed by atoms with Crippen LogP contribution in [0.1, 0.15) is 5.56 Å². The third-order valence-electron chi connectivity index (χ3n) is 3.03. The molecule has 102 valence electrons. The molecule has 0 aliphatic carbocycles. The topological polar surface area (TPSA) is 28.7 Å². The van der Waals surface area contributed by atoms with E-state index < -0.39 is 23.3 Å². The SMILES string of the molecule is Cc1ccc(F)c(-c2nc3c(F)cc(F)cc3[nH]2)c1F. The van der Waals surface area contributed by atoms with Crippen molar-refractivity contribution in [2.24, 2.45) is 0 Å². The number of aromatic amines is 1. The summed E-state index contributed by atoms with van der Waals surface area (Å²) in [7, 11) is 0. The number of hydrogen-bond acceptors (Lipinski definition) is 1. The van der Waals surface area contributed by atoms with Crippen LogP contribution in [0.5, 0.6) is 0 Å². The average Bonchev–Trinajstić information content (AvgIpc) is 2.78. The zero-order valence-corrected chi connectivity index (χ0v) is 10.3. The van der Waals surface area contributed by atoms with Gasteiger partial charge in [0, 0.05) is 6.07 Å². The second-order valence-electron chi connectivity index (χ2n) is 4.42. The van der Waals surface area contributed by atoms with Crippen LogP contribution < -0.4 is 0 Å². The van der Waals surface area contributed by atoms with E-state index in [4.69, 9.17) is 0 Å². The van der Waals surface area contributed by atoms with Gasteiger partial charge >= 0.3 is 0 Å². The summed E-state index contributed by atoms with van der Waals surface area (Å²) in [5.74, 6) is -3.48. The van der Waals surface area contributed by atoms with Crippen molar-refractivity contribution >= 4 is 11.0 Å². The minimum Gasteiger partial charge on any atom is -0.338 e. The van der Waals surface area contributed by atoms with Crippen LogP contribution in [0.3, 0.4) is 0 Å². The molecule has 0 radical (unpaired) electrons. The third kappa shape index (κ3) is 1.84. The molecular weight excluding hydrogens is 272 g/mol. The van der Waals surface area contributed by atoms with Crippen LogP contribution in [0, 0.1) is 30.2 Å². The Morgan fingerprint density at radius 3 is 2.50 bits per heavy atom. The molecule has 2 nitrogen and oxygen atoms in total. The van der Waals surface area contributed by atoms with Gasteiger partial charge in [-0.2, -0.15) is 0 Å². The first kappa shape index (κ1) is 12.7. The lowest BCUT2D eigenvalue weighted by Gasteiger charge is -2.03. The second kappa shape index (κ2) is 4.33. The van der Waals surface area contributed by atoms with Gasteiger partial charge in [-0.3, -0.25) is 0 Å². The first-order valence-electron chi connectivity index (χ1n) is 5.77. The number of hydrogen-bond donors (Lipinski definition) is 1. The largest absolute Gasteiger partial charge is 0.338 e. The number of rotatable bonds is 1. The highest BCUT2D eigenvalue weighted by atomic mass is 19.1. The standard InChI is InChI=1S/C14H8F4N2/c1-6-2-3-8(16)11(12(6)18)14-19-10-5-7(15)4-9(17)13(10)20-14/h2-5H,1H3,(H,19,20). The van der Waals surface area contributed by atoms with Gasteiger partial charge in [0.15, 0.2) is 5.82 Å². The summed E-state index contributed by atoms with van der Waals surface area (Å²) >= 11 is 0. The fourth-order valence-corrected chi connectivity index (χ4v) is 2.03. The highest BCUT2D eigenvalue weighted by Crippen LogP contribution is 2.28. The second-order valence-corrected chi connectivity index (χ2v) is 4.42.